The third-order valence-corrected chi connectivity index (χ3v) is 3.44. The molecule has 20 heavy (non-hydrogen) atoms. The van der Waals surface area contributed by atoms with E-state index in [9.17, 15) is 0 Å². The Balaban J connectivity index is 1.72. The molecule has 0 spiro atoms. The fraction of sp³-hybridized carbons (Fsp3) is 0.438. The predicted octanol–water partition coefficient (Wildman–Crippen LogP) is 2.54. The van der Waals surface area contributed by atoms with Crippen molar-refractivity contribution in [3.05, 3.63) is 47.8 Å². The molecule has 0 saturated heterocycles. The Bertz CT molecular complexity index is 519. The average Bonchev–Trinajstić information content (AvgIpc) is 2.89. The van der Waals surface area contributed by atoms with Crippen molar-refractivity contribution in [1.82, 2.24) is 15.1 Å². The van der Waals surface area contributed by atoms with Gasteiger partial charge in [-0.05, 0) is 37.5 Å². The minimum atomic E-state index is 0.484. The Hall–Kier alpha value is -1.81. The summed E-state index contributed by atoms with van der Waals surface area (Å²) < 4.78 is 7.00. The first-order chi connectivity index (χ1) is 9.67. The minimum absolute atomic E-state index is 0.484. The Morgan fingerprint density at radius 1 is 1.25 bits per heavy atom. The smallest absolute Gasteiger partial charge is 0.118 e. The number of rotatable bonds is 7. The van der Waals surface area contributed by atoms with Crippen LogP contribution in [0, 0.1) is 0 Å². The normalized spacial score (nSPS) is 12.3. The SMILES string of the molecule is COc1ccc(CCC(C)NCc2cnn(C)c2)cc1. The van der Waals surface area contributed by atoms with Crippen LogP contribution in [0.1, 0.15) is 24.5 Å². The molecule has 0 aliphatic heterocycles. The molecule has 0 aliphatic carbocycles. The van der Waals surface area contributed by atoms with E-state index in [0.29, 0.717) is 6.04 Å². The number of aromatic nitrogens is 2. The van der Waals surface area contributed by atoms with E-state index in [1.807, 2.05) is 36.3 Å². The summed E-state index contributed by atoms with van der Waals surface area (Å²) in [5.41, 5.74) is 2.57. The lowest BCUT2D eigenvalue weighted by Crippen LogP contribution is -2.25. The maximum atomic E-state index is 5.16. The predicted molar refractivity (Wildman–Crippen MR) is 80.8 cm³/mol. The molecule has 1 unspecified atom stereocenters. The van der Waals surface area contributed by atoms with Crippen molar-refractivity contribution in [1.29, 1.82) is 0 Å². The van der Waals surface area contributed by atoms with Crippen LogP contribution < -0.4 is 10.1 Å². The van der Waals surface area contributed by atoms with Crippen molar-refractivity contribution in [2.24, 2.45) is 7.05 Å². The van der Waals surface area contributed by atoms with E-state index in [4.69, 9.17) is 4.74 Å². The molecule has 108 valence electrons. The molecule has 4 nitrogen and oxygen atoms in total. The summed E-state index contributed by atoms with van der Waals surface area (Å²) in [7, 11) is 3.63. The van der Waals surface area contributed by atoms with Crippen LogP contribution >= 0.6 is 0 Å². The third-order valence-electron chi connectivity index (χ3n) is 3.44. The molecular weight excluding hydrogens is 250 g/mol. The van der Waals surface area contributed by atoms with Crippen LogP contribution in [-0.2, 0) is 20.0 Å². The van der Waals surface area contributed by atoms with Gasteiger partial charge in [0.25, 0.3) is 0 Å². The van der Waals surface area contributed by atoms with E-state index in [0.717, 1.165) is 25.1 Å². The molecule has 0 saturated carbocycles. The number of nitrogens with one attached hydrogen (secondary N) is 1. The van der Waals surface area contributed by atoms with Gasteiger partial charge in [0.15, 0.2) is 0 Å². The molecule has 1 aromatic heterocycles. The molecule has 1 N–H and O–H groups in total. The quantitative estimate of drug-likeness (QED) is 0.842. The maximum Gasteiger partial charge on any atom is 0.118 e. The summed E-state index contributed by atoms with van der Waals surface area (Å²) in [6.45, 7) is 3.09. The second-order valence-electron chi connectivity index (χ2n) is 5.19. The van der Waals surface area contributed by atoms with Crippen molar-refractivity contribution in [3.63, 3.8) is 0 Å². The van der Waals surface area contributed by atoms with E-state index in [2.05, 4.69) is 29.5 Å². The highest BCUT2D eigenvalue weighted by atomic mass is 16.5. The highest BCUT2D eigenvalue weighted by Gasteiger charge is 2.04. The molecular formula is C16H23N3O. The summed E-state index contributed by atoms with van der Waals surface area (Å²) in [4.78, 5) is 0. The van der Waals surface area contributed by atoms with Crippen LogP contribution in [0.5, 0.6) is 5.75 Å². The lowest BCUT2D eigenvalue weighted by atomic mass is 10.1. The zero-order chi connectivity index (χ0) is 14.4. The summed E-state index contributed by atoms with van der Waals surface area (Å²) >= 11 is 0. The third kappa shape index (κ3) is 4.38. The van der Waals surface area contributed by atoms with Crippen molar-refractivity contribution in [2.45, 2.75) is 32.4 Å². The first-order valence-corrected chi connectivity index (χ1v) is 7.01. The maximum absolute atomic E-state index is 5.16. The van der Waals surface area contributed by atoms with Gasteiger partial charge in [-0.15, -0.1) is 0 Å². The van der Waals surface area contributed by atoms with Gasteiger partial charge in [-0.2, -0.15) is 5.10 Å². The molecule has 0 amide bonds. The van der Waals surface area contributed by atoms with Gasteiger partial charge in [0.2, 0.25) is 0 Å². The van der Waals surface area contributed by atoms with Crippen LogP contribution in [-0.4, -0.2) is 22.9 Å². The van der Waals surface area contributed by atoms with Gasteiger partial charge in [0.1, 0.15) is 5.75 Å². The van der Waals surface area contributed by atoms with Gasteiger partial charge in [0, 0.05) is 31.4 Å². The number of hydrogen-bond acceptors (Lipinski definition) is 3. The molecule has 2 aromatic rings. The summed E-state index contributed by atoms with van der Waals surface area (Å²) in [5.74, 6) is 0.913. The number of ether oxygens (including phenoxy) is 1. The van der Waals surface area contributed by atoms with Gasteiger partial charge < -0.3 is 10.1 Å². The second kappa shape index (κ2) is 7.10. The lowest BCUT2D eigenvalue weighted by Gasteiger charge is -2.13. The number of benzene rings is 1. The molecule has 4 heteroatoms. The van der Waals surface area contributed by atoms with Crippen molar-refractivity contribution in [3.8, 4) is 5.75 Å². The van der Waals surface area contributed by atoms with Gasteiger partial charge >= 0.3 is 0 Å². The minimum Gasteiger partial charge on any atom is -0.497 e. The van der Waals surface area contributed by atoms with Crippen molar-refractivity contribution in [2.75, 3.05) is 7.11 Å². The number of methoxy groups -OCH3 is 1. The van der Waals surface area contributed by atoms with E-state index >= 15 is 0 Å². The zero-order valence-corrected chi connectivity index (χ0v) is 12.5. The number of hydrogen-bond donors (Lipinski definition) is 1. The molecule has 0 bridgehead atoms. The van der Waals surface area contributed by atoms with Gasteiger partial charge in [-0.25, -0.2) is 0 Å². The highest BCUT2D eigenvalue weighted by molar-refractivity contribution is 5.27. The van der Waals surface area contributed by atoms with Crippen LogP contribution in [0.15, 0.2) is 36.7 Å². The highest BCUT2D eigenvalue weighted by Crippen LogP contribution is 2.13. The molecule has 1 atom stereocenters. The van der Waals surface area contributed by atoms with Crippen LogP contribution in [0.2, 0.25) is 0 Å². The second-order valence-corrected chi connectivity index (χ2v) is 5.19. The van der Waals surface area contributed by atoms with E-state index in [1.54, 1.807) is 7.11 Å². The first kappa shape index (κ1) is 14.6. The first-order valence-electron chi connectivity index (χ1n) is 7.01. The number of aryl methyl sites for hydroxylation is 2. The zero-order valence-electron chi connectivity index (χ0n) is 12.5. The molecule has 0 fully saturated rings. The van der Waals surface area contributed by atoms with Crippen LogP contribution in [0.3, 0.4) is 0 Å². The number of nitrogens with zero attached hydrogens (tertiary/aromatic N) is 2. The fourth-order valence-corrected chi connectivity index (χ4v) is 2.13. The van der Waals surface area contributed by atoms with E-state index in [-0.39, 0.29) is 0 Å². The van der Waals surface area contributed by atoms with E-state index in [1.165, 1.54) is 11.1 Å². The summed E-state index contributed by atoms with van der Waals surface area (Å²) in [5, 5.41) is 7.70. The van der Waals surface area contributed by atoms with Crippen molar-refractivity contribution >= 4 is 0 Å². The Kier molecular flexibility index (Phi) is 5.18. The lowest BCUT2D eigenvalue weighted by molar-refractivity contribution is 0.414. The fourth-order valence-electron chi connectivity index (χ4n) is 2.13. The molecule has 1 heterocycles. The average molecular weight is 273 g/mol. The van der Waals surface area contributed by atoms with Gasteiger partial charge in [-0.1, -0.05) is 12.1 Å². The van der Waals surface area contributed by atoms with Crippen molar-refractivity contribution < 1.29 is 4.74 Å². The Morgan fingerprint density at radius 2 is 2.00 bits per heavy atom. The summed E-state index contributed by atoms with van der Waals surface area (Å²) in [6.07, 6.45) is 6.14. The van der Waals surface area contributed by atoms with Crippen LogP contribution in [0.25, 0.3) is 0 Å². The largest absolute Gasteiger partial charge is 0.497 e. The summed E-state index contributed by atoms with van der Waals surface area (Å²) in [6, 6.07) is 8.78. The van der Waals surface area contributed by atoms with Gasteiger partial charge in [-0.3, -0.25) is 4.68 Å². The standard InChI is InChI=1S/C16H23N3O/c1-13(17-10-15-11-18-19(2)12-15)4-5-14-6-8-16(20-3)9-7-14/h6-9,11-13,17H,4-5,10H2,1-3H3. The Labute approximate surface area is 120 Å². The Morgan fingerprint density at radius 3 is 2.60 bits per heavy atom. The van der Waals surface area contributed by atoms with E-state index < -0.39 is 0 Å². The molecule has 0 radical (unpaired) electrons. The molecule has 0 aliphatic rings. The molecule has 2 rings (SSSR count). The van der Waals surface area contributed by atoms with Gasteiger partial charge in [0.05, 0.1) is 13.3 Å². The van der Waals surface area contributed by atoms with Crippen LogP contribution in [0.4, 0.5) is 0 Å². The topological polar surface area (TPSA) is 39.1 Å². The monoisotopic (exact) mass is 273 g/mol. The molecule has 1 aromatic carbocycles.